The standard InChI is InChI=1S/C18H36N4O.HI/c1-4-19-18(20-12-8-10-16(2)3)21-13-9-15-22-14-7-5-6-11-17(22)23;/h16H,4-15H2,1-3H3,(H2,19,20,21);1H. The molecule has 0 aromatic rings. The highest BCUT2D eigenvalue weighted by molar-refractivity contribution is 14.0. The molecule has 6 heteroatoms. The van der Waals surface area contributed by atoms with Crippen molar-refractivity contribution in [2.45, 2.75) is 65.7 Å². The number of carbonyl (C=O) groups excluding carboxylic acids is 1. The van der Waals surface area contributed by atoms with Crippen molar-refractivity contribution in [3.05, 3.63) is 0 Å². The predicted molar refractivity (Wildman–Crippen MR) is 113 cm³/mol. The van der Waals surface area contributed by atoms with Crippen LogP contribution in [0.3, 0.4) is 0 Å². The van der Waals surface area contributed by atoms with Gasteiger partial charge in [0.15, 0.2) is 5.96 Å². The van der Waals surface area contributed by atoms with E-state index in [9.17, 15) is 4.79 Å². The van der Waals surface area contributed by atoms with Crippen molar-refractivity contribution in [1.29, 1.82) is 0 Å². The summed E-state index contributed by atoms with van der Waals surface area (Å²) < 4.78 is 0. The van der Waals surface area contributed by atoms with E-state index in [0.29, 0.717) is 5.91 Å². The lowest BCUT2D eigenvalue weighted by Crippen LogP contribution is -2.38. The Morgan fingerprint density at radius 3 is 2.71 bits per heavy atom. The first-order valence-corrected chi connectivity index (χ1v) is 9.43. The Morgan fingerprint density at radius 2 is 2.00 bits per heavy atom. The first-order valence-electron chi connectivity index (χ1n) is 9.43. The van der Waals surface area contributed by atoms with E-state index in [1.165, 1.54) is 19.3 Å². The molecule has 0 radical (unpaired) electrons. The predicted octanol–water partition coefficient (Wildman–Crippen LogP) is 3.39. The van der Waals surface area contributed by atoms with Crippen LogP contribution >= 0.6 is 24.0 Å². The van der Waals surface area contributed by atoms with Gasteiger partial charge in [-0.15, -0.1) is 24.0 Å². The maximum Gasteiger partial charge on any atom is 0.222 e. The number of hydrogen-bond donors (Lipinski definition) is 2. The molecule has 0 aromatic carbocycles. The lowest BCUT2D eigenvalue weighted by molar-refractivity contribution is -0.130. The summed E-state index contributed by atoms with van der Waals surface area (Å²) in [6.45, 7) is 11.0. The van der Waals surface area contributed by atoms with Gasteiger partial charge < -0.3 is 15.5 Å². The molecule has 5 nitrogen and oxygen atoms in total. The quantitative estimate of drug-likeness (QED) is 0.244. The number of guanidine groups is 1. The minimum absolute atomic E-state index is 0. The second-order valence-corrected chi connectivity index (χ2v) is 6.77. The molecule has 24 heavy (non-hydrogen) atoms. The third-order valence-electron chi connectivity index (χ3n) is 4.12. The van der Waals surface area contributed by atoms with Gasteiger partial charge in [-0.2, -0.15) is 0 Å². The van der Waals surface area contributed by atoms with Gasteiger partial charge in [-0.25, -0.2) is 0 Å². The van der Waals surface area contributed by atoms with Crippen LogP contribution in [-0.4, -0.2) is 49.5 Å². The zero-order chi connectivity index (χ0) is 16.9. The highest BCUT2D eigenvalue weighted by Crippen LogP contribution is 2.11. The molecule has 1 aliphatic heterocycles. The number of aliphatic imine (C=N–C) groups is 1. The van der Waals surface area contributed by atoms with Gasteiger partial charge in [0.1, 0.15) is 0 Å². The van der Waals surface area contributed by atoms with E-state index in [2.05, 4.69) is 36.4 Å². The summed E-state index contributed by atoms with van der Waals surface area (Å²) in [4.78, 5) is 18.6. The molecule has 1 rings (SSSR count). The molecule has 0 saturated carbocycles. The van der Waals surface area contributed by atoms with Crippen molar-refractivity contribution >= 4 is 35.8 Å². The van der Waals surface area contributed by atoms with E-state index in [4.69, 9.17) is 0 Å². The van der Waals surface area contributed by atoms with Crippen LogP contribution in [-0.2, 0) is 4.79 Å². The molecule has 0 aliphatic carbocycles. The van der Waals surface area contributed by atoms with Gasteiger partial charge in [0.25, 0.3) is 0 Å². The maximum atomic E-state index is 11.9. The molecule has 142 valence electrons. The smallest absolute Gasteiger partial charge is 0.222 e. The summed E-state index contributed by atoms with van der Waals surface area (Å²) in [6.07, 6.45) is 7.46. The van der Waals surface area contributed by atoms with Crippen LogP contribution in [0, 0.1) is 5.92 Å². The van der Waals surface area contributed by atoms with E-state index < -0.39 is 0 Å². The van der Waals surface area contributed by atoms with Crippen LogP contribution in [0.4, 0.5) is 0 Å². The zero-order valence-electron chi connectivity index (χ0n) is 15.8. The first kappa shape index (κ1) is 23.5. The second-order valence-electron chi connectivity index (χ2n) is 6.77. The third-order valence-corrected chi connectivity index (χ3v) is 4.12. The number of halogens is 1. The fourth-order valence-electron chi connectivity index (χ4n) is 2.79. The SMILES string of the molecule is CCNC(=NCCCN1CCCCCC1=O)NCCCC(C)C.I. The Balaban J connectivity index is 0.00000529. The molecule has 1 saturated heterocycles. The fourth-order valence-corrected chi connectivity index (χ4v) is 2.79. The summed E-state index contributed by atoms with van der Waals surface area (Å²) in [7, 11) is 0. The summed E-state index contributed by atoms with van der Waals surface area (Å²) in [5.41, 5.74) is 0. The average molecular weight is 452 g/mol. The van der Waals surface area contributed by atoms with Gasteiger partial charge in [-0.1, -0.05) is 20.3 Å². The highest BCUT2D eigenvalue weighted by Gasteiger charge is 2.15. The molecular formula is C18H37IN4O. The average Bonchev–Trinajstić information content (AvgIpc) is 2.72. The van der Waals surface area contributed by atoms with Crippen LogP contribution < -0.4 is 10.6 Å². The Hall–Kier alpha value is -0.530. The molecule has 0 aromatic heterocycles. The van der Waals surface area contributed by atoms with Crippen molar-refractivity contribution in [1.82, 2.24) is 15.5 Å². The number of carbonyl (C=O) groups is 1. The molecular weight excluding hydrogens is 415 g/mol. The van der Waals surface area contributed by atoms with Crippen molar-refractivity contribution in [2.24, 2.45) is 10.9 Å². The number of amides is 1. The normalized spacial score (nSPS) is 15.9. The number of likely N-dealkylation sites (tertiary alicyclic amines) is 1. The van der Waals surface area contributed by atoms with Crippen LogP contribution in [0.2, 0.25) is 0 Å². The third kappa shape index (κ3) is 11.1. The fraction of sp³-hybridized carbons (Fsp3) is 0.889. The molecule has 1 heterocycles. The number of hydrogen-bond acceptors (Lipinski definition) is 2. The maximum absolute atomic E-state index is 11.9. The van der Waals surface area contributed by atoms with Gasteiger partial charge in [-0.05, 0) is 44.9 Å². The van der Waals surface area contributed by atoms with Crippen molar-refractivity contribution in [3.8, 4) is 0 Å². The minimum atomic E-state index is 0. The number of nitrogens with zero attached hydrogens (tertiary/aromatic N) is 2. The molecule has 2 N–H and O–H groups in total. The van der Waals surface area contributed by atoms with Gasteiger partial charge >= 0.3 is 0 Å². The summed E-state index contributed by atoms with van der Waals surface area (Å²) >= 11 is 0. The number of nitrogens with one attached hydrogen (secondary N) is 2. The van der Waals surface area contributed by atoms with Gasteiger partial charge in [0.05, 0.1) is 0 Å². The van der Waals surface area contributed by atoms with Crippen LogP contribution in [0.25, 0.3) is 0 Å². The molecule has 1 fully saturated rings. The van der Waals surface area contributed by atoms with Gasteiger partial charge in [-0.3, -0.25) is 9.79 Å². The molecule has 0 unspecified atom stereocenters. The van der Waals surface area contributed by atoms with Crippen molar-refractivity contribution < 1.29 is 4.79 Å². The largest absolute Gasteiger partial charge is 0.357 e. The topological polar surface area (TPSA) is 56.7 Å². The molecule has 0 spiro atoms. The Bertz CT molecular complexity index is 361. The van der Waals surface area contributed by atoms with Crippen LogP contribution in [0.15, 0.2) is 4.99 Å². The lowest BCUT2D eigenvalue weighted by atomic mass is 10.1. The van der Waals surface area contributed by atoms with Crippen LogP contribution in [0.5, 0.6) is 0 Å². The summed E-state index contributed by atoms with van der Waals surface area (Å²) in [6, 6.07) is 0. The van der Waals surface area contributed by atoms with Gasteiger partial charge in [0, 0.05) is 39.1 Å². The minimum Gasteiger partial charge on any atom is -0.357 e. The Labute approximate surface area is 165 Å². The summed E-state index contributed by atoms with van der Waals surface area (Å²) in [5, 5.41) is 6.68. The molecule has 0 bridgehead atoms. The zero-order valence-corrected chi connectivity index (χ0v) is 18.1. The van der Waals surface area contributed by atoms with E-state index in [0.717, 1.165) is 70.3 Å². The number of rotatable bonds is 9. The Kier molecular flexibility index (Phi) is 14.5. The van der Waals surface area contributed by atoms with Crippen LogP contribution in [0.1, 0.15) is 65.7 Å². The molecule has 1 aliphatic rings. The van der Waals surface area contributed by atoms with Crippen molar-refractivity contribution in [2.75, 3.05) is 32.7 Å². The highest BCUT2D eigenvalue weighted by atomic mass is 127. The van der Waals surface area contributed by atoms with Gasteiger partial charge in [0.2, 0.25) is 5.91 Å². The van der Waals surface area contributed by atoms with E-state index >= 15 is 0 Å². The second kappa shape index (κ2) is 14.8. The summed E-state index contributed by atoms with van der Waals surface area (Å²) in [5.74, 6) is 1.98. The van der Waals surface area contributed by atoms with Crippen molar-refractivity contribution in [3.63, 3.8) is 0 Å². The first-order chi connectivity index (χ1) is 11.1. The Morgan fingerprint density at radius 1 is 1.21 bits per heavy atom. The lowest BCUT2D eigenvalue weighted by Gasteiger charge is -2.20. The molecule has 0 atom stereocenters. The monoisotopic (exact) mass is 452 g/mol. The van der Waals surface area contributed by atoms with E-state index in [1.807, 2.05) is 4.90 Å². The molecule has 1 amide bonds. The van der Waals surface area contributed by atoms with E-state index in [-0.39, 0.29) is 24.0 Å². The van der Waals surface area contributed by atoms with E-state index in [1.54, 1.807) is 0 Å².